The average molecular weight is 260 g/mol. The topological polar surface area (TPSA) is 71.2 Å². The molecule has 0 aliphatic carbocycles. The Morgan fingerprint density at radius 2 is 2.16 bits per heavy atom. The summed E-state index contributed by atoms with van der Waals surface area (Å²) < 4.78 is 5.47. The van der Waals surface area contributed by atoms with Crippen molar-refractivity contribution < 1.29 is 9.53 Å². The highest BCUT2D eigenvalue weighted by atomic mass is 16.5. The molecule has 0 aliphatic heterocycles. The first-order valence-corrected chi connectivity index (χ1v) is 6.22. The molecule has 0 fully saturated rings. The number of hydrogen-bond donors (Lipinski definition) is 2. The van der Waals surface area contributed by atoms with Crippen molar-refractivity contribution in [2.45, 2.75) is 13.3 Å². The van der Waals surface area contributed by atoms with E-state index in [1.54, 1.807) is 30.5 Å². The van der Waals surface area contributed by atoms with Gasteiger partial charge >= 0.3 is 0 Å². The summed E-state index contributed by atoms with van der Waals surface area (Å²) in [5, 5.41) is 3.98. The fourth-order valence-electron chi connectivity index (χ4n) is 1.78. The second-order valence-corrected chi connectivity index (χ2v) is 4.16. The Balaban J connectivity index is 2.15. The third-order valence-corrected chi connectivity index (χ3v) is 2.71. The Labute approximate surface area is 110 Å². The van der Waals surface area contributed by atoms with Crippen molar-refractivity contribution in [3.63, 3.8) is 0 Å². The Hall–Kier alpha value is -2.30. The number of hydrogen-bond acceptors (Lipinski definition) is 3. The van der Waals surface area contributed by atoms with E-state index in [1.807, 2.05) is 6.92 Å². The molecule has 0 saturated heterocycles. The molecule has 5 heteroatoms. The van der Waals surface area contributed by atoms with Crippen molar-refractivity contribution in [2.24, 2.45) is 0 Å². The molecule has 0 unspecified atom stereocenters. The maximum absolute atomic E-state index is 11.6. The molecule has 0 bridgehead atoms. The molecule has 0 radical (unpaired) electrons. The summed E-state index contributed by atoms with van der Waals surface area (Å²) in [6.07, 6.45) is 2.45. The lowest BCUT2D eigenvalue weighted by Gasteiger charge is -2.09. The second-order valence-electron chi connectivity index (χ2n) is 4.16. The zero-order chi connectivity index (χ0) is 13.7. The number of aromatic amines is 1. The zero-order valence-corrected chi connectivity index (χ0v) is 10.7. The van der Waals surface area contributed by atoms with Gasteiger partial charge < -0.3 is 15.0 Å². The molecule has 1 aromatic carbocycles. The molecule has 2 N–H and O–H groups in total. The minimum absolute atomic E-state index is 0.0497. The number of pyridine rings is 1. The predicted molar refractivity (Wildman–Crippen MR) is 73.4 cm³/mol. The number of rotatable bonds is 5. The van der Waals surface area contributed by atoms with Crippen LogP contribution in [0.3, 0.4) is 0 Å². The Bertz CT molecular complexity index is 634. The van der Waals surface area contributed by atoms with E-state index in [9.17, 15) is 9.59 Å². The van der Waals surface area contributed by atoms with Crippen LogP contribution in [-0.2, 0) is 4.79 Å². The number of H-pyrrole nitrogens is 1. The van der Waals surface area contributed by atoms with Crippen LogP contribution in [0.4, 0.5) is 0 Å². The lowest BCUT2D eigenvalue weighted by molar-refractivity contribution is -0.123. The Kier molecular flexibility index (Phi) is 4.18. The monoisotopic (exact) mass is 260 g/mol. The Morgan fingerprint density at radius 1 is 1.32 bits per heavy atom. The highest BCUT2D eigenvalue weighted by Crippen LogP contribution is 2.22. The van der Waals surface area contributed by atoms with E-state index in [2.05, 4.69) is 10.3 Å². The third kappa shape index (κ3) is 3.13. The molecule has 0 saturated carbocycles. The van der Waals surface area contributed by atoms with Gasteiger partial charge in [-0.2, -0.15) is 0 Å². The maximum Gasteiger partial charge on any atom is 0.257 e. The highest BCUT2D eigenvalue weighted by Gasteiger charge is 2.06. The van der Waals surface area contributed by atoms with E-state index < -0.39 is 0 Å². The van der Waals surface area contributed by atoms with Crippen LogP contribution in [0.15, 0.2) is 35.3 Å². The molecule has 2 aromatic rings. The summed E-state index contributed by atoms with van der Waals surface area (Å²) in [4.78, 5) is 25.7. The van der Waals surface area contributed by atoms with Crippen LogP contribution in [-0.4, -0.2) is 24.0 Å². The number of carbonyl (C=O) groups excluding carboxylic acids is 1. The fraction of sp³-hybridized carbons (Fsp3) is 0.286. The van der Waals surface area contributed by atoms with Gasteiger partial charge in [0.2, 0.25) is 0 Å². The van der Waals surface area contributed by atoms with Crippen LogP contribution in [0.5, 0.6) is 5.75 Å². The van der Waals surface area contributed by atoms with Crippen molar-refractivity contribution in [3.05, 3.63) is 40.8 Å². The normalized spacial score (nSPS) is 10.4. The minimum atomic E-state index is -0.168. The first-order valence-electron chi connectivity index (χ1n) is 6.22. The third-order valence-electron chi connectivity index (χ3n) is 2.71. The van der Waals surface area contributed by atoms with E-state index in [0.717, 1.165) is 6.42 Å². The molecule has 0 spiro atoms. The zero-order valence-electron chi connectivity index (χ0n) is 10.7. The molecule has 5 nitrogen and oxygen atoms in total. The van der Waals surface area contributed by atoms with Gasteiger partial charge in [-0.1, -0.05) is 13.0 Å². The summed E-state index contributed by atoms with van der Waals surface area (Å²) in [6, 6.07) is 6.96. The Morgan fingerprint density at radius 3 is 2.95 bits per heavy atom. The number of benzene rings is 1. The van der Waals surface area contributed by atoms with Gasteiger partial charge in [0.25, 0.3) is 11.5 Å². The molecule has 19 heavy (non-hydrogen) atoms. The molecular weight excluding hydrogens is 244 g/mol. The highest BCUT2D eigenvalue weighted by molar-refractivity contribution is 5.87. The average Bonchev–Trinajstić information content (AvgIpc) is 2.43. The molecule has 1 heterocycles. The SMILES string of the molecule is CCCNC(=O)COc1cccc2c(=O)[nH]ccc12. The van der Waals surface area contributed by atoms with E-state index in [0.29, 0.717) is 23.1 Å². The van der Waals surface area contributed by atoms with Crippen LogP contribution in [0, 0.1) is 0 Å². The van der Waals surface area contributed by atoms with Crippen molar-refractivity contribution in [3.8, 4) is 5.75 Å². The van der Waals surface area contributed by atoms with E-state index in [1.165, 1.54) is 0 Å². The molecule has 2 rings (SSSR count). The van der Waals surface area contributed by atoms with Gasteiger partial charge in [-0.3, -0.25) is 9.59 Å². The van der Waals surface area contributed by atoms with Crippen LogP contribution >= 0.6 is 0 Å². The van der Waals surface area contributed by atoms with Gasteiger partial charge in [-0.05, 0) is 24.6 Å². The number of aromatic nitrogens is 1. The number of fused-ring (bicyclic) bond motifs is 1. The van der Waals surface area contributed by atoms with Gasteiger partial charge in [0.05, 0.1) is 5.39 Å². The van der Waals surface area contributed by atoms with Gasteiger partial charge in [-0.25, -0.2) is 0 Å². The molecular formula is C14H16N2O3. The van der Waals surface area contributed by atoms with Crippen LogP contribution < -0.4 is 15.6 Å². The summed E-state index contributed by atoms with van der Waals surface area (Å²) in [5.74, 6) is 0.374. The molecule has 0 atom stereocenters. The smallest absolute Gasteiger partial charge is 0.257 e. The van der Waals surface area contributed by atoms with Crippen molar-refractivity contribution in [1.29, 1.82) is 0 Å². The molecule has 100 valence electrons. The van der Waals surface area contributed by atoms with Crippen LogP contribution in [0.25, 0.3) is 10.8 Å². The number of carbonyl (C=O) groups is 1. The fourth-order valence-corrected chi connectivity index (χ4v) is 1.78. The summed E-state index contributed by atoms with van der Waals surface area (Å²) in [7, 11) is 0. The first kappa shape index (κ1) is 13.1. The summed E-state index contributed by atoms with van der Waals surface area (Å²) in [6.45, 7) is 2.57. The van der Waals surface area contributed by atoms with Crippen molar-refractivity contribution in [2.75, 3.05) is 13.2 Å². The van der Waals surface area contributed by atoms with Crippen LogP contribution in [0.2, 0.25) is 0 Å². The summed E-state index contributed by atoms with van der Waals surface area (Å²) in [5.41, 5.74) is -0.168. The molecule has 1 aromatic heterocycles. The quantitative estimate of drug-likeness (QED) is 0.854. The van der Waals surface area contributed by atoms with Gasteiger partial charge in [-0.15, -0.1) is 0 Å². The second kappa shape index (κ2) is 6.04. The van der Waals surface area contributed by atoms with E-state index >= 15 is 0 Å². The minimum Gasteiger partial charge on any atom is -0.483 e. The largest absolute Gasteiger partial charge is 0.483 e. The molecule has 1 amide bonds. The maximum atomic E-state index is 11.6. The van der Waals surface area contributed by atoms with Crippen molar-refractivity contribution in [1.82, 2.24) is 10.3 Å². The number of ether oxygens (including phenoxy) is 1. The van der Waals surface area contributed by atoms with Gasteiger partial charge in [0.15, 0.2) is 6.61 Å². The van der Waals surface area contributed by atoms with E-state index in [-0.39, 0.29) is 18.1 Å². The van der Waals surface area contributed by atoms with Crippen LogP contribution in [0.1, 0.15) is 13.3 Å². The standard InChI is InChI=1S/C14H16N2O3/c1-2-7-15-13(17)9-19-12-5-3-4-11-10(12)6-8-16-14(11)18/h3-6,8H,2,7,9H2,1H3,(H,15,17)(H,16,18). The lowest BCUT2D eigenvalue weighted by atomic mass is 10.1. The number of nitrogens with one attached hydrogen (secondary N) is 2. The lowest BCUT2D eigenvalue weighted by Crippen LogP contribution is -2.29. The summed E-state index contributed by atoms with van der Waals surface area (Å²) >= 11 is 0. The molecule has 0 aliphatic rings. The predicted octanol–water partition coefficient (Wildman–Crippen LogP) is 1.43. The van der Waals surface area contributed by atoms with Gasteiger partial charge in [0, 0.05) is 18.1 Å². The van der Waals surface area contributed by atoms with E-state index in [4.69, 9.17) is 4.74 Å². The first-order chi connectivity index (χ1) is 9.22. The number of amides is 1. The van der Waals surface area contributed by atoms with Crippen molar-refractivity contribution >= 4 is 16.7 Å². The van der Waals surface area contributed by atoms with Gasteiger partial charge in [0.1, 0.15) is 5.75 Å².